The Bertz CT molecular complexity index is 2110. The van der Waals surface area contributed by atoms with Crippen LogP contribution in [0, 0.1) is 0 Å². The molecular formula is C75H139O24P. The van der Waals surface area contributed by atoms with Crippen LogP contribution in [0.4, 0.5) is 0 Å². The molecule has 0 radical (unpaired) electrons. The molecule has 18 atom stereocenters. The molecule has 2 heterocycles. The van der Waals surface area contributed by atoms with Crippen LogP contribution in [0.15, 0.2) is 12.2 Å². The lowest BCUT2D eigenvalue weighted by atomic mass is 9.84. The van der Waals surface area contributed by atoms with Crippen molar-refractivity contribution in [3.05, 3.63) is 12.2 Å². The third kappa shape index (κ3) is 39.3. The van der Waals surface area contributed by atoms with E-state index >= 15 is 0 Å². The Morgan fingerprint density at radius 3 is 1.09 bits per heavy atom. The van der Waals surface area contributed by atoms with E-state index in [2.05, 4.69) is 32.9 Å². The first kappa shape index (κ1) is 91.9. The van der Waals surface area contributed by atoms with Crippen LogP contribution in [-0.2, 0) is 61.2 Å². The van der Waals surface area contributed by atoms with Gasteiger partial charge in [0, 0.05) is 19.3 Å². The van der Waals surface area contributed by atoms with Gasteiger partial charge in [-0.15, -0.1) is 0 Å². The van der Waals surface area contributed by atoms with E-state index in [4.69, 9.17) is 42.2 Å². The van der Waals surface area contributed by atoms with Crippen LogP contribution >= 0.6 is 7.82 Å². The van der Waals surface area contributed by atoms with E-state index in [1.807, 2.05) is 0 Å². The van der Waals surface area contributed by atoms with Gasteiger partial charge in [-0.1, -0.05) is 264 Å². The average Bonchev–Trinajstić information content (AvgIpc) is 0.762. The van der Waals surface area contributed by atoms with E-state index in [0.29, 0.717) is 19.3 Å². The SMILES string of the molecule is CCCCCCCC/C=C\CCCCCC(=O)OCC(COP(=O)(O)OC1C(OC2OC(CO)C(O)C(O)C2O)C(O)C(O)C(O)C1OC1OC(COC(=O)CCCCCCCCCCCCCCCCCC)C(O)C(O)C1O)OC(=O)CCCCCCCCCCCCCCCCCC. The second-order valence-corrected chi connectivity index (χ2v) is 29.8. The largest absolute Gasteiger partial charge is 0.472 e. The van der Waals surface area contributed by atoms with Crippen molar-refractivity contribution < 1.29 is 117 Å². The van der Waals surface area contributed by atoms with Crippen molar-refractivity contribution in [2.45, 2.75) is 420 Å². The maximum Gasteiger partial charge on any atom is 0.472 e. The first-order valence-corrected chi connectivity index (χ1v) is 41.0. The third-order valence-corrected chi connectivity index (χ3v) is 20.5. The zero-order chi connectivity index (χ0) is 73.2. The molecule has 0 amide bonds. The van der Waals surface area contributed by atoms with Gasteiger partial charge in [0.05, 0.1) is 13.2 Å². The number of ether oxygens (including phenoxy) is 7. The second kappa shape index (κ2) is 57.0. The highest BCUT2D eigenvalue weighted by molar-refractivity contribution is 7.47. The van der Waals surface area contributed by atoms with Crippen molar-refractivity contribution in [2.75, 3.05) is 26.4 Å². The number of rotatable bonds is 62. The topological polar surface area (TPSA) is 374 Å². The predicted octanol–water partition coefficient (Wildman–Crippen LogP) is 11.5. The molecule has 3 fully saturated rings. The summed E-state index contributed by atoms with van der Waals surface area (Å²) in [5, 5.41) is 110. The van der Waals surface area contributed by atoms with E-state index < -0.39 is 156 Å². The molecule has 0 aromatic carbocycles. The summed E-state index contributed by atoms with van der Waals surface area (Å²) in [6.45, 7) is 3.46. The first-order valence-electron chi connectivity index (χ1n) is 39.5. The number of allylic oxidation sites excluding steroid dienone is 2. The highest BCUT2D eigenvalue weighted by Crippen LogP contribution is 2.49. The number of esters is 3. The van der Waals surface area contributed by atoms with Crippen molar-refractivity contribution >= 4 is 25.7 Å². The quantitative estimate of drug-likeness (QED) is 0.00886. The minimum Gasteiger partial charge on any atom is -0.463 e. The molecule has 18 unspecified atom stereocenters. The Morgan fingerprint density at radius 1 is 0.380 bits per heavy atom. The lowest BCUT2D eigenvalue weighted by Gasteiger charge is -2.49. The molecule has 25 heteroatoms. The van der Waals surface area contributed by atoms with Gasteiger partial charge < -0.3 is 89.1 Å². The minimum absolute atomic E-state index is 0.0279. The summed E-state index contributed by atoms with van der Waals surface area (Å²) in [5.41, 5.74) is 0. The van der Waals surface area contributed by atoms with Crippen LogP contribution in [0.1, 0.15) is 316 Å². The van der Waals surface area contributed by atoms with Crippen LogP contribution in [-0.4, -0.2) is 204 Å². The molecule has 2 saturated heterocycles. The zero-order valence-electron chi connectivity index (χ0n) is 61.5. The summed E-state index contributed by atoms with van der Waals surface area (Å²) in [5.74, 6) is -1.99. The average molecular weight is 1460 g/mol. The lowest BCUT2D eigenvalue weighted by molar-refractivity contribution is -0.360. The molecule has 588 valence electrons. The Hall–Kier alpha value is -2.30. The van der Waals surface area contributed by atoms with Crippen molar-refractivity contribution in [2.24, 2.45) is 0 Å². The van der Waals surface area contributed by atoms with Crippen molar-refractivity contribution in [3.63, 3.8) is 0 Å². The first-order chi connectivity index (χ1) is 48.3. The highest BCUT2D eigenvalue weighted by Gasteiger charge is 2.58. The maximum absolute atomic E-state index is 14.3. The minimum atomic E-state index is -5.70. The normalized spacial score (nSPS) is 27.3. The molecule has 3 aliphatic rings. The Balaban J connectivity index is 1.71. The fourth-order valence-electron chi connectivity index (χ4n) is 13.1. The molecule has 1 aliphatic carbocycles. The standard InChI is InChI=1S/C75H139O24P/c1-4-7-10-13-16-19-22-25-27-29-32-35-38-41-44-47-50-60(78)92-55-58-63(81)65(83)70(88)75(96-58)98-72-68(86)66(84)67(85)71(97-74-69(87)64(82)62(80)57(52-76)95-74)73(72)99-100(89,90)93-54-56(53-91-59(77)49-46-43-40-37-34-31-24-21-18-15-12-9-6-3)94-61(79)51-48-45-42-39-36-33-30-28-26-23-20-17-14-11-8-5-2/h31,34,56-58,62-76,80-88H,4-30,32-33,35-55H2,1-3H3,(H,89,90)/b34-31-. The van der Waals surface area contributed by atoms with Gasteiger partial charge >= 0.3 is 25.7 Å². The maximum atomic E-state index is 14.3. The fourth-order valence-corrected chi connectivity index (χ4v) is 14.1. The highest BCUT2D eigenvalue weighted by atomic mass is 31.2. The molecule has 11 N–H and O–H groups in total. The van der Waals surface area contributed by atoms with E-state index in [1.54, 1.807) is 0 Å². The Kier molecular flexibility index (Phi) is 52.3. The molecule has 100 heavy (non-hydrogen) atoms. The predicted molar refractivity (Wildman–Crippen MR) is 379 cm³/mol. The van der Waals surface area contributed by atoms with Gasteiger partial charge in [0.2, 0.25) is 0 Å². The number of carbonyl (C=O) groups excluding carboxylic acids is 3. The smallest absolute Gasteiger partial charge is 0.463 e. The summed E-state index contributed by atoms with van der Waals surface area (Å²) in [7, 11) is -5.70. The van der Waals surface area contributed by atoms with Gasteiger partial charge in [0.15, 0.2) is 18.7 Å². The number of carbonyl (C=O) groups is 3. The molecular weight excluding hydrogens is 1320 g/mol. The number of hydrogen-bond donors (Lipinski definition) is 11. The fraction of sp³-hybridized carbons (Fsp3) is 0.933. The van der Waals surface area contributed by atoms with E-state index in [1.165, 1.54) is 161 Å². The van der Waals surface area contributed by atoms with Crippen molar-refractivity contribution in [1.29, 1.82) is 0 Å². The molecule has 0 aromatic heterocycles. The van der Waals surface area contributed by atoms with Gasteiger partial charge in [0.25, 0.3) is 0 Å². The monoisotopic (exact) mass is 1450 g/mol. The van der Waals surface area contributed by atoms with Crippen LogP contribution in [0.2, 0.25) is 0 Å². The Labute approximate surface area is 599 Å². The summed E-state index contributed by atoms with van der Waals surface area (Å²) in [6, 6.07) is 0. The Morgan fingerprint density at radius 2 is 0.700 bits per heavy atom. The molecule has 2 aliphatic heterocycles. The van der Waals surface area contributed by atoms with Crippen molar-refractivity contribution in [1.82, 2.24) is 0 Å². The molecule has 0 aromatic rings. The number of phosphoric acid groups is 1. The van der Waals surface area contributed by atoms with Gasteiger partial charge in [-0.3, -0.25) is 23.4 Å². The van der Waals surface area contributed by atoms with Gasteiger partial charge in [0.1, 0.15) is 98.7 Å². The third-order valence-electron chi connectivity index (χ3n) is 19.5. The number of unbranched alkanes of at least 4 members (excludes halogenated alkanes) is 39. The number of aliphatic hydroxyl groups excluding tert-OH is 10. The number of hydrogen-bond acceptors (Lipinski definition) is 23. The summed E-state index contributed by atoms with van der Waals surface area (Å²) in [6.07, 6.45) is 16.9. The molecule has 3 rings (SSSR count). The van der Waals surface area contributed by atoms with Crippen LogP contribution in [0.3, 0.4) is 0 Å². The molecule has 0 spiro atoms. The van der Waals surface area contributed by atoms with Crippen LogP contribution in [0.5, 0.6) is 0 Å². The summed E-state index contributed by atoms with van der Waals surface area (Å²) < 4.78 is 65.1. The lowest BCUT2D eigenvalue weighted by Crippen LogP contribution is -2.69. The summed E-state index contributed by atoms with van der Waals surface area (Å²) >= 11 is 0. The zero-order valence-corrected chi connectivity index (χ0v) is 62.4. The molecule has 24 nitrogen and oxygen atoms in total. The van der Waals surface area contributed by atoms with Gasteiger partial charge in [-0.25, -0.2) is 4.57 Å². The van der Waals surface area contributed by atoms with Crippen molar-refractivity contribution in [3.8, 4) is 0 Å². The summed E-state index contributed by atoms with van der Waals surface area (Å²) in [4.78, 5) is 51.1. The molecule has 1 saturated carbocycles. The van der Waals surface area contributed by atoms with Crippen LogP contribution < -0.4 is 0 Å². The second-order valence-electron chi connectivity index (χ2n) is 28.4. The van der Waals surface area contributed by atoms with E-state index in [-0.39, 0.29) is 19.3 Å². The van der Waals surface area contributed by atoms with Gasteiger partial charge in [-0.2, -0.15) is 0 Å². The number of phosphoric ester groups is 1. The van der Waals surface area contributed by atoms with E-state index in [0.717, 1.165) is 96.3 Å². The van der Waals surface area contributed by atoms with E-state index in [9.17, 15) is 74.9 Å². The number of aliphatic hydroxyl groups is 10. The van der Waals surface area contributed by atoms with Crippen LogP contribution in [0.25, 0.3) is 0 Å². The molecule has 0 bridgehead atoms. The van der Waals surface area contributed by atoms with Gasteiger partial charge in [-0.05, 0) is 44.9 Å².